The first-order chi connectivity index (χ1) is 13.6. The Morgan fingerprint density at radius 1 is 1.07 bits per heavy atom. The van der Waals surface area contributed by atoms with Crippen LogP contribution in [-0.2, 0) is 4.74 Å². The molecule has 1 saturated heterocycles. The fourth-order valence-corrected chi connectivity index (χ4v) is 3.02. The number of benzene rings is 1. The number of anilines is 2. The summed E-state index contributed by atoms with van der Waals surface area (Å²) in [5, 5.41) is 3.13. The molecule has 0 radical (unpaired) electrons. The first kappa shape index (κ1) is 19.8. The topological polar surface area (TPSA) is 87.7 Å². The van der Waals surface area contributed by atoms with Crippen LogP contribution in [0, 0.1) is 0 Å². The molecule has 148 valence electrons. The first-order valence-corrected chi connectivity index (χ1v) is 9.48. The van der Waals surface area contributed by atoms with Gasteiger partial charge in [0.15, 0.2) is 0 Å². The number of hydrogen-bond acceptors (Lipinski definition) is 7. The molecule has 1 aliphatic heterocycles. The number of nitrogens with zero attached hydrogens (tertiary/aromatic N) is 4. The molecule has 8 nitrogen and oxygen atoms in total. The second kappa shape index (κ2) is 9.27. The summed E-state index contributed by atoms with van der Waals surface area (Å²) in [5.41, 5.74) is 1.60. The number of aromatic nitrogens is 2. The average Bonchev–Trinajstić information content (AvgIpc) is 2.74. The summed E-state index contributed by atoms with van der Waals surface area (Å²) in [7, 11) is 0. The van der Waals surface area contributed by atoms with Crippen molar-refractivity contribution in [1.82, 2.24) is 19.8 Å². The molecule has 1 aromatic heterocycles. The van der Waals surface area contributed by atoms with Crippen LogP contribution in [0.1, 0.15) is 34.7 Å². The Morgan fingerprint density at radius 2 is 1.79 bits per heavy atom. The number of rotatable bonds is 6. The fraction of sp³-hybridized carbons (Fsp3) is 0.400. The molecule has 1 amide bonds. The standard InChI is InChI=1S/C20H25N5O3/c1-3-24-9-11-25(12-10-24)19(26)17-13-18(22-14-21-17)23-16-7-5-15(6-8-16)20(27)28-4-2/h5-8,13-14H,3-4,9-12H2,1-2H3,(H,21,22,23). The average molecular weight is 383 g/mol. The molecular weight excluding hydrogens is 358 g/mol. The van der Waals surface area contributed by atoms with Crippen LogP contribution in [0.15, 0.2) is 36.7 Å². The molecule has 1 aliphatic rings. The van der Waals surface area contributed by atoms with Gasteiger partial charge < -0.3 is 19.9 Å². The Labute approximate surface area is 164 Å². The number of likely N-dealkylation sites (N-methyl/N-ethyl adjacent to an activating group) is 1. The number of esters is 1. The molecule has 1 fully saturated rings. The van der Waals surface area contributed by atoms with Crippen molar-refractivity contribution in [2.45, 2.75) is 13.8 Å². The van der Waals surface area contributed by atoms with E-state index >= 15 is 0 Å². The van der Waals surface area contributed by atoms with Gasteiger partial charge in [-0.05, 0) is 37.7 Å². The number of carbonyl (C=O) groups excluding carboxylic acids is 2. The fourth-order valence-electron chi connectivity index (χ4n) is 3.02. The number of carbonyl (C=O) groups is 2. The molecule has 0 unspecified atom stereocenters. The molecule has 28 heavy (non-hydrogen) atoms. The van der Waals surface area contributed by atoms with Gasteiger partial charge >= 0.3 is 5.97 Å². The maximum Gasteiger partial charge on any atom is 0.338 e. The molecule has 1 N–H and O–H groups in total. The Morgan fingerprint density at radius 3 is 2.43 bits per heavy atom. The molecule has 1 aromatic carbocycles. The smallest absolute Gasteiger partial charge is 0.338 e. The maximum atomic E-state index is 12.7. The lowest BCUT2D eigenvalue weighted by Gasteiger charge is -2.33. The minimum absolute atomic E-state index is 0.0844. The second-order valence-electron chi connectivity index (χ2n) is 6.44. The highest BCUT2D eigenvalue weighted by Gasteiger charge is 2.22. The van der Waals surface area contributed by atoms with E-state index in [0.29, 0.717) is 36.8 Å². The summed E-state index contributed by atoms with van der Waals surface area (Å²) >= 11 is 0. The normalized spacial score (nSPS) is 14.6. The lowest BCUT2D eigenvalue weighted by Crippen LogP contribution is -2.48. The highest BCUT2D eigenvalue weighted by Crippen LogP contribution is 2.17. The van der Waals surface area contributed by atoms with Gasteiger partial charge in [0.1, 0.15) is 17.8 Å². The van der Waals surface area contributed by atoms with Gasteiger partial charge in [0.2, 0.25) is 0 Å². The summed E-state index contributed by atoms with van der Waals surface area (Å²) in [6, 6.07) is 8.54. The molecule has 0 bridgehead atoms. The summed E-state index contributed by atoms with van der Waals surface area (Å²) in [6.07, 6.45) is 1.38. The quantitative estimate of drug-likeness (QED) is 0.765. The van der Waals surface area contributed by atoms with E-state index in [-0.39, 0.29) is 11.9 Å². The van der Waals surface area contributed by atoms with Crippen LogP contribution in [-0.4, -0.2) is 71.0 Å². The maximum absolute atomic E-state index is 12.7. The van der Waals surface area contributed by atoms with Crippen molar-refractivity contribution in [2.24, 2.45) is 0 Å². The highest BCUT2D eigenvalue weighted by atomic mass is 16.5. The van der Waals surface area contributed by atoms with Gasteiger partial charge in [-0.3, -0.25) is 4.79 Å². The summed E-state index contributed by atoms with van der Waals surface area (Å²) < 4.78 is 4.97. The van der Waals surface area contributed by atoms with Gasteiger partial charge in [-0.15, -0.1) is 0 Å². The zero-order valence-electron chi connectivity index (χ0n) is 16.2. The summed E-state index contributed by atoms with van der Waals surface area (Å²) in [6.45, 7) is 8.40. The van der Waals surface area contributed by atoms with Crippen molar-refractivity contribution in [3.05, 3.63) is 47.9 Å². The molecular formula is C20H25N5O3. The number of hydrogen-bond donors (Lipinski definition) is 1. The van der Waals surface area contributed by atoms with Gasteiger partial charge in [-0.1, -0.05) is 6.92 Å². The van der Waals surface area contributed by atoms with Crippen molar-refractivity contribution in [1.29, 1.82) is 0 Å². The minimum atomic E-state index is -0.355. The van der Waals surface area contributed by atoms with Gasteiger partial charge in [0.25, 0.3) is 5.91 Å². The van der Waals surface area contributed by atoms with Crippen LogP contribution in [0.4, 0.5) is 11.5 Å². The third-order valence-electron chi connectivity index (χ3n) is 4.66. The van der Waals surface area contributed by atoms with Gasteiger partial charge in [0, 0.05) is 37.9 Å². The van der Waals surface area contributed by atoms with Crippen molar-refractivity contribution < 1.29 is 14.3 Å². The van der Waals surface area contributed by atoms with Crippen molar-refractivity contribution in [2.75, 3.05) is 44.6 Å². The molecule has 2 aromatic rings. The van der Waals surface area contributed by atoms with Crippen LogP contribution in [0.2, 0.25) is 0 Å². The van der Waals surface area contributed by atoms with Crippen molar-refractivity contribution in [3.63, 3.8) is 0 Å². The molecule has 0 saturated carbocycles. The Balaban J connectivity index is 1.65. The van der Waals surface area contributed by atoms with E-state index in [4.69, 9.17) is 4.74 Å². The van der Waals surface area contributed by atoms with E-state index < -0.39 is 0 Å². The van der Waals surface area contributed by atoms with Gasteiger partial charge in [-0.2, -0.15) is 0 Å². The minimum Gasteiger partial charge on any atom is -0.462 e. The van der Waals surface area contributed by atoms with Crippen LogP contribution < -0.4 is 5.32 Å². The van der Waals surface area contributed by atoms with Crippen LogP contribution >= 0.6 is 0 Å². The van der Waals surface area contributed by atoms with Crippen LogP contribution in [0.25, 0.3) is 0 Å². The van der Waals surface area contributed by atoms with Crippen molar-refractivity contribution in [3.8, 4) is 0 Å². The molecule has 3 rings (SSSR count). The molecule has 8 heteroatoms. The van der Waals surface area contributed by atoms with E-state index in [1.54, 1.807) is 37.3 Å². The lowest BCUT2D eigenvalue weighted by molar-refractivity contribution is 0.0526. The van der Waals surface area contributed by atoms with E-state index in [1.165, 1.54) is 6.33 Å². The first-order valence-electron chi connectivity index (χ1n) is 9.48. The van der Waals surface area contributed by atoms with Gasteiger partial charge in [0.05, 0.1) is 12.2 Å². The Kier molecular flexibility index (Phi) is 6.54. The monoisotopic (exact) mass is 383 g/mol. The third kappa shape index (κ3) is 4.83. The molecule has 0 spiro atoms. The van der Waals surface area contributed by atoms with Crippen LogP contribution in [0.3, 0.4) is 0 Å². The third-order valence-corrected chi connectivity index (χ3v) is 4.66. The van der Waals surface area contributed by atoms with Crippen LogP contribution in [0.5, 0.6) is 0 Å². The molecule has 2 heterocycles. The largest absolute Gasteiger partial charge is 0.462 e. The van der Waals surface area contributed by atoms with E-state index in [2.05, 4.69) is 27.1 Å². The highest BCUT2D eigenvalue weighted by molar-refractivity contribution is 5.93. The Bertz CT molecular complexity index is 817. The summed E-state index contributed by atoms with van der Waals surface area (Å²) in [5.74, 6) is 0.0837. The van der Waals surface area contributed by atoms with Crippen molar-refractivity contribution >= 4 is 23.4 Å². The zero-order chi connectivity index (χ0) is 19.9. The summed E-state index contributed by atoms with van der Waals surface area (Å²) in [4.78, 5) is 36.9. The predicted molar refractivity (Wildman–Crippen MR) is 106 cm³/mol. The number of nitrogens with one attached hydrogen (secondary N) is 1. The molecule has 0 atom stereocenters. The number of piperazine rings is 1. The number of ether oxygens (including phenoxy) is 1. The SMILES string of the molecule is CCOC(=O)c1ccc(Nc2cc(C(=O)N3CCN(CC)CC3)ncn2)cc1. The van der Waals surface area contributed by atoms with Gasteiger partial charge in [-0.25, -0.2) is 14.8 Å². The number of amides is 1. The Hall–Kier alpha value is -3.00. The lowest BCUT2D eigenvalue weighted by atomic mass is 10.2. The van der Waals surface area contributed by atoms with E-state index in [1.807, 2.05) is 4.90 Å². The zero-order valence-corrected chi connectivity index (χ0v) is 16.2. The second-order valence-corrected chi connectivity index (χ2v) is 6.44. The predicted octanol–water partition coefficient (Wildman–Crippen LogP) is 2.17. The van der Waals surface area contributed by atoms with E-state index in [9.17, 15) is 9.59 Å². The molecule has 0 aliphatic carbocycles. The van der Waals surface area contributed by atoms with E-state index in [0.717, 1.165) is 25.3 Å².